The third-order valence-corrected chi connectivity index (χ3v) is 7.43. The van der Waals surface area contributed by atoms with Gasteiger partial charge in [0, 0.05) is 15.8 Å². The lowest BCUT2D eigenvalue weighted by Gasteiger charge is -2.34. The molecule has 2 atom stereocenters. The molecular formula is C12H14INS. The van der Waals surface area contributed by atoms with Crippen molar-refractivity contribution < 1.29 is 0 Å². The van der Waals surface area contributed by atoms with E-state index < -0.39 is 0 Å². The fourth-order valence-electron chi connectivity index (χ4n) is 2.72. The summed E-state index contributed by atoms with van der Waals surface area (Å²) in [7, 11) is 0. The maximum atomic E-state index is 6.06. The summed E-state index contributed by atoms with van der Waals surface area (Å²) >= 11 is 4.69. The molecular weight excluding hydrogens is 317 g/mol. The summed E-state index contributed by atoms with van der Waals surface area (Å²) in [6.45, 7) is 0. The molecule has 2 unspecified atom stereocenters. The Morgan fingerprint density at radius 2 is 2.27 bits per heavy atom. The lowest BCUT2D eigenvalue weighted by Crippen LogP contribution is -2.30. The van der Waals surface area contributed by atoms with Crippen molar-refractivity contribution in [2.24, 2.45) is 0 Å². The van der Waals surface area contributed by atoms with E-state index in [0.29, 0.717) is 3.42 Å². The third-order valence-electron chi connectivity index (χ3n) is 3.52. The highest BCUT2D eigenvalue weighted by molar-refractivity contribution is 14.1. The zero-order chi connectivity index (χ0) is 10.5. The molecule has 0 saturated heterocycles. The lowest BCUT2D eigenvalue weighted by molar-refractivity contribution is 0.443. The van der Waals surface area contributed by atoms with Crippen LogP contribution in [0.2, 0.25) is 0 Å². The predicted molar refractivity (Wildman–Crippen MR) is 74.7 cm³/mol. The number of benzene rings is 1. The first-order chi connectivity index (χ1) is 7.22. The molecule has 1 aromatic rings. The van der Waals surface area contributed by atoms with Gasteiger partial charge in [0.15, 0.2) is 0 Å². The van der Waals surface area contributed by atoms with E-state index >= 15 is 0 Å². The first-order valence-corrected chi connectivity index (χ1v) is 7.42. The molecule has 0 spiro atoms. The SMILES string of the molecule is Nc1cccc2c1SC1CCCCC21I. The van der Waals surface area contributed by atoms with Crippen LogP contribution in [-0.4, -0.2) is 5.25 Å². The van der Waals surface area contributed by atoms with Gasteiger partial charge in [0.1, 0.15) is 0 Å². The minimum Gasteiger partial charge on any atom is -0.398 e. The minimum absolute atomic E-state index is 0.366. The van der Waals surface area contributed by atoms with Crippen LogP contribution in [0.25, 0.3) is 0 Å². The van der Waals surface area contributed by atoms with Crippen molar-refractivity contribution in [3.8, 4) is 0 Å². The average molecular weight is 331 g/mol. The number of hydrogen-bond donors (Lipinski definition) is 1. The first-order valence-electron chi connectivity index (χ1n) is 5.46. The van der Waals surface area contributed by atoms with Crippen LogP contribution in [-0.2, 0) is 3.42 Å². The van der Waals surface area contributed by atoms with E-state index in [-0.39, 0.29) is 0 Å². The van der Waals surface area contributed by atoms with Crippen molar-refractivity contribution >= 4 is 40.0 Å². The molecule has 2 aliphatic rings. The fourth-order valence-corrected chi connectivity index (χ4v) is 6.01. The van der Waals surface area contributed by atoms with Gasteiger partial charge in [0.05, 0.1) is 3.42 Å². The van der Waals surface area contributed by atoms with Gasteiger partial charge in [-0.2, -0.15) is 0 Å². The van der Waals surface area contributed by atoms with Crippen molar-refractivity contribution in [2.45, 2.75) is 39.3 Å². The number of alkyl halides is 1. The number of rotatable bonds is 0. The zero-order valence-electron chi connectivity index (χ0n) is 8.50. The molecule has 1 aliphatic carbocycles. The van der Waals surface area contributed by atoms with Crippen LogP contribution in [0.3, 0.4) is 0 Å². The first kappa shape index (κ1) is 10.3. The minimum atomic E-state index is 0.366. The summed E-state index contributed by atoms with van der Waals surface area (Å²) in [5, 5.41) is 0.756. The average Bonchev–Trinajstić information content (AvgIpc) is 2.53. The number of nitrogen functional groups attached to an aromatic ring is 1. The monoisotopic (exact) mass is 331 g/mol. The van der Waals surface area contributed by atoms with Gasteiger partial charge in [0.25, 0.3) is 0 Å². The van der Waals surface area contributed by atoms with E-state index in [1.54, 1.807) is 0 Å². The molecule has 2 N–H and O–H groups in total. The predicted octanol–water partition coefficient (Wildman–Crippen LogP) is 3.95. The van der Waals surface area contributed by atoms with Gasteiger partial charge < -0.3 is 5.73 Å². The molecule has 0 amide bonds. The number of anilines is 1. The van der Waals surface area contributed by atoms with Gasteiger partial charge in [-0.1, -0.05) is 47.6 Å². The van der Waals surface area contributed by atoms with E-state index in [9.17, 15) is 0 Å². The van der Waals surface area contributed by atoms with Crippen molar-refractivity contribution in [2.75, 3.05) is 5.73 Å². The summed E-state index contributed by atoms with van der Waals surface area (Å²) in [6.07, 6.45) is 5.42. The normalized spacial score (nSPS) is 33.5. The van der Waals surface area contributed by atoms with Gasteiger partial charge >= 0.3 is 0 Å². The topological polar surface area (TPSA) is 26.0 Å². The van der Waals surface area contributed by atoms with Gasteiger partial charge in [-0.15, -0.1) is 11.8 Å². The molecule has 1 aromatic carbocycles. The highest BCUT2D eigenvalue weighted by Crippen LogP contribution is 2.60. The summed E-state index contributed by atoms with van der Waals surface area (Å²) in [5.74, 6) is 0. The van der Waals surface area contributed by atoms with Crippen molar-refractivity contribution in [3.63, 3.8) is 0 Å². The van der Waals surface area contributed by atoms with E-state index in [1.807, 2.05) is 17.8 Å². The number of halogens is 1. The third kappa shape index (κ3) is 1.42. The Labute approximate surface area is 108 Å². The van der Waals surface area contributed by atoms with Crippen LogP contribution in [0.5, 0.6) is 0 Å². The molecule has 3 heteroatoms. The second-order valence-electron chi connectivity index (χ2n) is 4.44. The van der Waals surface area contributed by atoms with Crippen LogP contribution in [0, 0.1) is 0 Å². The van der Waals surface area contributed by atoms with Crippen LogP contribution in [0.4, 0.5) is 5.69 Å². The molecule has 15 heavy (non-hydrogen) atoms. The van der Waals surface area contributed by atoms with Crippen LogP contribution in [0.15, 0.2) is 23.1 Å². The number of hydrogen-bond acceptors (Lipinski definition) is 2. The van der Waals surface area contributed by atoms with E-state index in [0.717, 1.165) is 10.9 Å². The summed E-state index contributed by atoms with van der Waals surface area (Å²) in [4.78, 5) is 1.36. The molecule has 1 aliphatic heterocycles. The summed E-state index contributed by atoms with van der Waals surface area (Å²) < 4.78 is 0.366. The Bertz CT molecular complexity index is 407. The van der Waals surface area contributed by atoms with Crippen molar-refractivity contribution in [3.05, 3.63) is 23.8 Å². The Balaban J connectivity index is 2.14. The van der Waals surface area contributed by atoms with E-state index in [2.05, 4.69) is 34.7 Å². The number of nitrogens with two attached hydrogens (primary N) is 1. The van der Waals surface area contributed by atoms with Gasteiger partial charge in [-0.05, 0) is 24.5 Å². The Morgan fingerprint density at radius 1 is 1.40 bits per heavy atom. The quantitative estimate of drug-likeness (QED) is 0.443. The van der Waals surface area contributed by atoms with Gasteiger partial charge in [-0.25, -0.2) is 0 Å². The maximum Gasteiger partial charge on any atom is 0.0603 e. The fraction of sp³-hybridized carbons (Fsp3) is 0.500. The maximum absolute atomic E-state index is 6.06. The Kier molecular flexibility index (Phi) is 2.43. The van der Waals surface area contributed by atoms with Crippen LogP contribution >= 0.6 is 34.4 Å². The molecule has 3 rings (SSSR count). The van der Waals surface area contributed by atoms with Crippen molar-refractivity contribution in [1.29, 1.82) is 0 Å². The van der Waals surface area contributed by atoms with Crippen LogP contribution in [0.1, 0.15) is 31.2 Å². The largest absolute Gasteiger partial charge is 0.398 e. The lowest BCUT2D eigenvalue weighted by atomic mass is 9.84. The molecule has 1 saturated carbocycles. The molecule has 1 nitrogen and oxygen atoms in total. The second-order valence-corrected chi connectivity index (χ2v) is 7.58. The molecule has 80 valence electrons. The van der Waals surface area contributed by atoms with E-state index in [4.69, 9.17) is 5.73 Å². The standard InChI is InChI=1S/C12H14INS/c13-12-7-2-1-6-10(12)15-11-8(12)4-3-5-9(11)14/h3-5,10H,1-2,6-7,14H2. The van der Waals surface area contributed by atoms with Crippen molar-refractivity contribution in [1.82, 2.24) is 0 Å². The highest BCUT2D eigenvalue weighted by Gasteiger charge is 2.47. The van der Waals surface area contributed by atoms with Gasteiger partial charge in [0.2, 0.25) is 0 Å². The Morgan fingerprint density at radius 3 is 3.13 bits per heavy atom. The molecule has 0 bridgehead atoms. The van der Waals surface area contributed by atoms with Gasteiger partial charge in [-0.3, -0.25) is 0 Å². The molecule has 1 fully saturated rings. The molecule has 0 aromatic heterocycles. The van der Waals surface area contributed by atoms with Crippen LogP contribution < -0.4 is 5.73 Å². The highest BCUT2D eigenvalue weighted by atomic mass is 127. The zero-order valence-corrected chi connectivity index (χ0v) is 11.5. The smallest absolute Gasteiger partial charge is 0.0603 e. The van der Waals surface area contributed by atoms with E-state index in [1.165, 1.54) is 36.1 Å². The molecule has 1 heterocycles. The molecule has 0 radical (unpaired) electrons. The second kappa shape index (κ2) is 3.55. The summed E-state index contributed by atoms with van der Waals surface area (Å²) in [5.41, 5.74) is 8.53. The number of fused-ring (bicyclic) bond motifs is 3. The summed E-state index contributed by atoms with van der Waals surface area (Å²) in [6, 6.07) is 6.41. The Hall–Kier alpha value is 0.1000. The number of thioether (sulfide) groups is 1.